The molecule has 1 unspecified atom stereocenters. The summed E-state index contributed by atoms with van der Waals surface area (Å²) in [5.74, 6) is 0.736. The second-order valence-corrected chi connectivity index (χ2v) is 5.33. The molecular weight excluding hydrogens is 255 g/mol. The molecule has 1 saturated carbocycles. The number of hydrogen-bond acceptors (Lipinski definition) is 2. The van der Waals surface area contributed by atoms with Crippen molar-refractivity contribution in [3.05, 3.63) is 34.9 Å². The molecule has 0 amide bonds. The van der Waals surface area contributed by atoms with Crippen LogP contribution in [0.15, 0.2) is 18.2 Å². The number of rotatable bonds is 3. The van der Waals surface area contributed by atoms with Gasteiger partial charge >= 0.3 is 6.18 Å². The first-order valence-corrected chi connectivity index (χ1v) is 6.55. The summed E-state index contributed by atoms with van der Waals surface area (Å²) in [6.07, 6.45) is -1.79. The Hall–Kier alpha value is -1.07. The van der Waals surface area contributed by atoms with E-state index in [9.17, 15) is 13.2 Å². The molecule has 1 atom stereocenters. The number of hydrogen-bond donors (Lipinski definition) is 1. The van der Waals surface area contributed by atoms with Crippen molar-refractivity contribution < 1.29 is 17.9 Å². The third-order valence-electron chi connectivity index (χ3n) is 3.74. The Morgan fingerprint density at radius 2 is 2.05 bits per heavy atom. The van der Waals surface area contributed by atoms with Gasteiger partial charge in [-0.15, -0.1) is 0 Å². The summed E-state index contributed by atoms with van der Waals surface area (Å²) in [6, 6.07) is 3.98. The molecule has 104 valence electrons. The third-order valence-corrected chi connectivity index (χ3v) is 3.74. The van der Waals surface area contributed by atoms with E-state index in [0.29, 0.717) is 12.2 Å². The van der Waals surface area contributed by atoms with E-state index >= 15 is 0 Å². The van der Waals surface area contributed by atoms with Gasteiger partial charge in [0.25, 0.3) is 0 Å². The highest BCUT2D eigenvalue weighted by atomic mass is 19.4. The molecule has 0 aromatic heterocycles. The molecule has 1 aliphatic heterocycles. The Kier molecular flexibility index (Phi) is 3.27. The van der Waals surface area contributed by atoms with E-state index < -0.39 is 11.7 Å². The zero-order chi connectivity index (χ0) is 13.5. The lowest BCUT2D eigenvalue weighted by molar-refractivity contribution is -0.137. The summed E-state index contributed by atoms with van der Waals surface area (Å²) >= 11 is 0. The SMILES string of the molecule is FC(F)(F)c1ccc2c(c1)COCC2NCC1CC1. The Morgan fingerprint density at radius 3 is 2.74 bits per heavy atom. The van der Waals surface area contributed by atoms with E-state index in [-0.39, 0.29) is 12.6 Å². The Labute approximate surface area is 109 Å². The number of alkyl halides is 3. The number of nitrogens with one attached hydrogen (secondary N) is 1. The monoisotopic (exact) mass is 271 g/mol. The van der Waals surface area contributed by atoms with Gasteiger partial charge in [0.2, 0.25) is 0 Å². The van der Waals surface area contributed by atoms with Gasteiger partial charge in [-0.3, -0.25) is 0 Å². The van der Waals surface area contributed by atoms with Crippen LogP contribution >= 0.6 is 0 Å². The van der Waals surface area contributed by atoms with Crippen LogP contribution in [0.5, 0.6) is 0 Å². The third kappa shape index (κ3) is 2.92. The van der Waals surface area contributed by atoms with Gasteiger partial charge in [-0.2, -0.15) is 13.2 Å². The van der Waals surface area contributed by atoms with Crippen LogP contribution in [0.1, 0.15) is 35.6 Å². The Bertz CT molecular complexity index is 468. The lowest BCUT2D eigenvalue weighted by Gasteiger charge is -2.27. The minimum atomic E-state index is -4.29. The first kappa shape index (κ1) is 12.9. The molecule has 2 nitrogen and oxygen atoms in total. The maximum Gasteiger partial charge on any atom is 0.416 e. The van der Waals surface area contributed by atoms with Gasteiger partial charge in [-0.1, -0.05) is 6.07 Å². The fourth-order valence-corrected chi connectivity index (χ4v) is 2.42. The van der Waals surface area contributed by atoms with Crippen molar-refractivity contribution in [3.8, 4) is 0 Å². The molecule has 1 aliphatic carbocycles. The van der Waals surface area contributed by atoms with Crippen LogP contribution in [0.3, 0.4) is 0 Å². The number of halogens is 3. The molecule has 0 spiro atoms. The molecule has 0 radical (unpaired) electrons. The van der Waals surface area contributed by atoms with Gasteiger partial charge in [0.05, 0.1) is 24.8 Å². The molecule has 0 saturated heterocycles. The van der Waals surface area contributed by atoms with Gasteiger partial charge in [0.15, 0.2) is 0 Å². The van der Waals surface area contributed by atoms with Crippen LogP contribution in [0.2, 0.25) is 0 Å². The van der Waals surface area contributed by atoms with Crippen LogP contribution in [0.4, 0.5) is 13.2 Å². The fraction of sp³-hybridized carbons (Fsp3) is 0.571. The molecule has 1 aromatic carbocycles. The topological polar surface area (TPSA) is 21.3 Å². The molecule has 0 bridgehead atoms. The van der Waals surface area contributed by atoms with Gasteiger partial charge in [-0.25, -0.2) is 0 Å². The smallest absolute Gasteiger partial charge is 0.375 e. The lowest BCUT2D eigenvalue weighted by Crippen LogP contribution is -2.31. The van der Waals surface area contributed by atoms with Crippen molar-refractivity contribution in [2.24, 2.45) is 5.92 Å². The number of ether oxygens (including phenoxy) is 1. The summed E-state index contributed by atoms with van der Waals surface area (Å²) in [5, 5.41) is 3.39. The van der Waals surface area contributed by atoms with Crippen molar-refractivity contribution >= 4 is 0 Å². The highest BCUT2D eigenvalue weighted by Gasteiger charge is 2.32. The van der Waals surface area contributed by atoms with Gasteiger partial charge in [-0.05, 0) is 48.6 Å². The largest absolute Gasteiger partial charge is 0.416 e. The van der Waals surface area contributed by atoms with E-state index in [0.717, 1.165) is 24.1 Å². The predicted molar refractivity (Wildman–Crippen MR) is 64.6 cm³/mol. The molecule has 2 aliphatic rings. The second kappa shape index (κ2) is 4.80. The average Bonchev–Trinajstić information content (AvgIpc) is 3.18. The minimum Gasteiger partial charge on any atom is -0.375 e. The predicted octanol–water partition coefficient (Wildman–Crippen LogP) is 3.28. The number of benzene rings is 1. The molecule has 3 rings (SSSR count). The van der Waals surface area contributed by atoms with Crippen molar-refractivity contribution in [1.82, 2.24) is 5.32 Å². The summed E-state index contributed by atoms with van der Waals surface area (Å²) in [6.45, 7) is 1.72. The van der Waals surface area contributed by atoms with Crippen molar-refractivity contribution in [2.75, 3.05) is 13.2 Å². The summed E-state index contributed by atoms with van der Waals surface area (Å²) < 4.78 is 43.4. The van der Waals surface area contributed by atoms with E-state index in [1.165, 1.54) is 18.9 Å². The molecule has 19 heavy (non-hydrogen) atoms. The Balaban J connectivity index is 1.79. The second-order valence-electron chi connectivity index (χ2n) is 5.33. The van der Waals surface area contributed by atoms with Crippen molar-refractivity contribution in [2.45, 2.75) is 31.7 Å². The summed E-state index contributed by atoms with van der Waals surface area (Å²) in [5.41, 5.74) is 0.993. The number of fused-ring (bicyclic) bond motifs is 1. The van der Waals surface area contributed by atoms with Gasteiger partial charge in [0, 0.05) is 0 Å². The first-order valence-electron chi connectivity index (χ1n) is 6.55. The van der Waals surface area contributed by atoms with Crippen molar-refractivity contribution in [1.29, 1.82) is 0 Å². The minimum absolute atomic E-state index is 0.0200. The van der Waals surface area contributed by atoms with Gasteiger partial charge in [0.1, 0.15) is 0 Å². The first-order chi connectivity index (χ1) is 9.04. The van der Waals surface area contributed by atoms with Crippen LogP contribution in [-0.4, -0.2) is 13.2 Å². The molecule has 1 fully saturated rings. The normalized spacial score (nSPS) is 23.2. The maximum absolute atomic E-state index is 12.7. The van der Waals surface area contributed by atoms with E-state index in [4.69, 9.17) is 4.74 Å². The molecular formula is C14H16F3NO. The molecule has 1 N–H and O–H groups in total. The zero-order valence-corrected chi connectivity index (χ0v) is 10.5. The lowest BCUT2D eigenvalue weighted by atomic mass is 9.96. The highest BCUT2D eigenvalue weighted by Crippen LogP contribution is 2.34. The summed E-state index contributed by atoms with van der Waals surface area (Å²) in [4.78, 5) is 0. The van der Waals surface area contributed by atoms with Crippen LogP contribution in [0.25, 0.3) is 0 Å². The molecule has 5 heteroatoms. The highest BCUT2D eigenvalue weighted by molar-refractivity contribution is 5.36. The zero-order valence-electron chi connectivity index (χ0n) is 10.5. The van der Waals surface area contributed by atoms with Crippen LogP contribution < -0.4 is 5.32 Å². The van der Waals surface area contributed by atoms with Crippen molar-refractivity contribution in [3.63, 3.8) is 0 Å². The van der Waals surface area contributed by atoms with Crippen LogP contribution in [-0.2, 0) is 17.5 Å². The Morgan fingerprint density at radius 1 is 1.26 bits per heavy atom. The summed E-state index contributed by atoms with van der Waals surface area (Å²) in [7, 11) is 0. The van der Waals surface area contributed by atoms with Gasteiger partial charge < -0.3 is 10.1 Å². The van der Waals surface area contributed by atoms with E-state index in [2.05, 4.69) is 5.32 Å². The fourth-order valence-electron chi connectivity index (χ4n) is 2.42. The average molecular weight is 271 g/mol. The molecule has 1 aromatic rings. The quantitative estimate of drug-likeness (QED) is 0.911. The van der Waals surface area contributed by atoms with E-state index in [1.807, 2.05) is 0 Å². The molecule has 1 heterocycles. The standard InChI is InChI=1S/C14H16F3NO/c15-14(16,17)11-3-4-12-10(5-11)7-19-8-13(12)18-6-9-1-2-9/h3-5,9,13,18H,1-2,6-8H2. The van der Waals surface area contributed by atoms with E-state index in [1.54, 1.807) is 6.07 Å². The van der Waals surface area contributed by atoms with Crippen LogP contribution in [0, 0.1) is 5.92 Å². The maximum atomic E-state index is 12.7.